The van der Waals surface area contributed by atoms with Crippen LogP contribution >= 0.6 is 39.1 Å². The van der Waals surface area contributed by atoms with Gasteiger partial charge in [-0.15, -0.1) is 0 Å². The molecule has 0 amide bonds. The normalized spacial score (nSPS) is 15.3. The summed E-state index contributed by atoms with van der Waals surface area (Å²) in [6.07, 6.45) is -0.835. The number of nitrogens with two attached hydrogens (primary N) is 1. The molecular formula is C10H13BrCl2N2O3S. The van der Waals surface area contributed by atoms with Crippen LogP contribution in [0.1, 0.15) is 6.92 Å². The number of halogens is 3. The number of hydrogen-bond acceptors (Lipinski definition) is 4. The molecule has 9 heteroatoms. The first-order valence-corrected chi connectivity index (χ1v) is 8.26. The molecule has 1 aromatic carbocycles. The minimum atomic E-state index is -3.89. The Morgan fingerprint density at radius 3 is 2.32 bits per heavy atom. The Balaban J connectivity index is 3.02. The maximum atomic E-state index is 12.1. The van der Waals surface area contributed by atoms with Gasteiger partial charge in [0, 0.05) is 17.1 Å². The minimum absolute atomic E-state index is 0.00232. The van der Waals surface area contributed by atoms with Gasteiger partial charge >= 0.3 is 0 Å². The van der Waals surface area contributed by atoms with Gasteiger partial charge in [0.25, 0.3) is 0 Å². The van der Waals surface area contributed by atoms with Gasteiger partial charge in [-0.25, -0.2) is 13.1 Å². The summed E-state index contributed by atoms with van der Waals surface area (Å²) in [4.78, 5) is -0.211. The standard InChI is InChI=1S/C10H13BrCl2N2O3S/c1-5(16)9(14)4-15-19(17,18)10-7(12)2-6(11)3-8(10)13/h2-3,5,9,15-16H,4,14H2,1H3. The molecule has 0 aliphatic heterocycles. The molecule has 0 spiro atoms. The summed E-state index contributed by atoms with van der Waals surface area (Å²) in [6, 6.07) is 2.13. The summed E-state index contributed by atoms with van der Waals surface area (Å²) in [5.41, 5.74) is 5.55. The molecule has 0 aliphatic carbocycles. The van der Waals surface area contributed by atoms with Crippen LogP contribution in [-0.4, -0.2) is 32.2 Å². The molecule has 0 aromatic heterocycles. The van der Waals surface area contributed by atoms with E-state index in [2.05, 4.69) is 20.7 Å². The fraction of sp³-hybridized carbons (Fsp3) is 0.400. The molecule has 108 valence electrons. The fourth-order valence-electron chi connectivity index (χ4n) is 1.23. The molecule has 0 heterocycles. The van der Waals surface area contributed by atoms with Crippen molar-refractivity contribution in [3.8, 4) is 0 Å². The summed E-state index contributed by atoms with van der Waals surface area (Å²) in [5.74, 6) is 0. The van der Waals surface area contributed by atoms with Crippen LogP contribution in [0.15, 0.2) is 21.5 Å². The van der Waals surface area contributed by atoms with E-state index in [0.717, 1.165) is 0 Å². The van der Waals surface area contributed by atoms with Gasteiger partial charge in [-0.2, -0.15) is 0 Å². The minimum Gasteiger partial charge on any atom is -0.392 e. The first-order valence-electron chi connectivity index (χ1n) is 5.23. The summed E-state index contributed by atoms with van der Waals surface area (Å²) < 4.78 is 27.0. The van der Waals surface area contributed by atoms with Gasteiger partial charge < -0.3 is 10.8 Å². The van der Waals surface area contributed by atoms with Crippen molar-refractivity contribution in [3.63, 3.8) is 0 Å². The maximum Gasteiger partial charge on any atom is 0.243 e. The number of benzene rings is 1. The highest BCUT2D eigenvalue weighted by molar-refractivity contribution is 9.10. The average molecular weight is 392 g/mol. The Morgan fingerprint density at radius 2 is 1.89 bits per heavy atom. The fourth-order valence-corrected chi connectivity index (χ4v) is 4.24. The number of nitrogens with one attached hydrogen (secondary N) is 1. The van der Waals surface area contributed by atoms with Gasteiger partial charge in [0.05, 0.1) is 16.1 Å². The van der Waals surface area contributed by atoms with Crippen LogP contribution in [0.3, 0.4) is 0 Å². The predicted octanol–water partition coefficient (Wildman–Crippen LogP) is 1.74. The molecule has 5 nitrogen and oxygen atoms in total. The Bertz CT molecular complexity index is 543. The number of aliphatic hydroxyl groups is 1. The van der Waals surface area contributed by atoms with Crippen LogP contribution in [0.2, 0.25) is 10.0 Å². The van der Waals surface area contributed by atoms with E-state index in [9.17, 15) is 13.5 Å². The van der Waals surface area contributed by atoms with E-state index in [-0.39, 0.29) is 21.5 Å². The quantitative estimate of drug-likeness (QED) is 0.712. The lowest BCUT2D eigenvalue weighted by molar-refractivity contribution is 0.164. The smallest absolute Gasteiger partial charge is 0.243 e. The van der Waals surface area contributed by atoms with Crippen molar-refractivity contribution in [2.45, 2.75) is 24.0 Å². The molecule has 0 aliphatic rings. The van der Waals surface area contributed by atoms with Gasteiger partial charge in [-0.1, -0.05) is 39.1 Å². The highest BCUT2D eigenvalue weighted by atomic mass is 79.9. The van der Waals surface area contributed by atoms with E-state index in [0.29, 0.717) is 4.47 Å². The molecule has 0 radical (unpaired) electrons. The molecular weight excluding hydrogens is 379 g/mol. The molecule has 4 N–H and O–H groups in total. The van der Waals surface area contributed by atoms with E-state index in [1.54, 1.807) is 0 Å². The average Bonchev–Trinajstić information content (AvgIpc) is 2.23. The van der Waals surface area contributed by atoms with E-state index < -0.39 is 22.2 Å². The number of aliphatic hydroxyl groups excluding tert-OH is 1. The van der Waals surface area contributed by atoms with Crippen LogP contribution in [0.5, 0.6) is 0 Å². The summed E-state index contributed by atoms with van der Waals surface area (Å²) in [7, 11) is -3.89. The Kier molecular flexibility index (Phi) is 6.06. The second-order valence-electron chi connectivity index (χ2n) is 3.95. The zero-order valence-electron chi connectivity index (χ0n) is 9.90. The van der Waals surface area contributed by atoms with Crippen molar-refractivity contribution in [3.05, 3.63) is 26.7 Å². The van der Waals surface area contributed by atoms with Crippen molar-refractivity contribution < 1.29 is 13.5 Å². The zero-order chi connectivity index (χ0) is 14.8. The molecule has 0 saturated carbocycles. The Hall–Kier alpha value is 0.110. The van der Waals surface area contributed by atoms with Crippen LogP contribution in [0, 0.1) is 0 Å². The van der Waals surface area contributed by atoms with E-state index in [1.165, 1.54) is 19.1 Å². The van der Waals surface area contributed by atoms with Gasteiger partial charge in [0.2, 0.25) is 10.0 Å². The lowest BCUT2D eigenvalue weighted by atomic mass is 10.2. The van der Waals surface area contributed by atoms with Crippen molar-refractivity contribution in [2.75, 3.05) is 6.54 Å². The summed E-state index contributed by atoms with van der Waals surface area (Å²) >= 11 is 14.9. The molecule has 2 atom stereocenters. The van der Waals surface area contributed by atoms with E-state index in [1.807, 2.05) is 0 Å². The van der Waals surface area contributed by atoms with Gasteiger partial charge in [-0.3, -0.25) is 0 Å². The lowest BCUT2D eigenvalue weighted by Gasteiger charge is -2.16. The van der Waals surface area contributed by atoms with Gasteiger partial charge in [0.1, 0.15) is 4.90 Å². The highest BCUT2D eigenvalue weighted by Crippen LogP contribution is 2.32. The summed E-state index contributed by atoms with van der Waals surface area (Å²) in [6.45, 7) is 1.35. The van der Waals surface area contributed by atoms with Crippen molar-refractivity contribution in [1.82, 2.24) is 4.72 Å². The van der Waals surface area contributed by atoms with Crippen LogP contribution < -0.4 is 10.5 Å². The number of hydrogen-bond donors (Lipinski definition) is 3. The first-order chi connectivity index (χ1) is 8.65. The monoisotopic (exact) mass is 390 g/mol. The third-order valence-corrected chi connectivity index (χ3v) is 5.16. The van der Waals surface area contributed by atoms with E-state index in [4.69, 9.17) is 28.9 Å². The van der Waals surface area contributed by atoms with Crippen LogP contribution in [0.4, 0.5) is 0 Å². The number of sulfonamides is 1. The second kappa shape index (κ2) is 6.71. The Morgan fingerprint density at radius 1 is 1.42 bits per heavy atom. The van der Waals surface area contributed by atoms with Crippen molar-refractivity contribution in [1.29, 1.82) is 0 Å². The van der Waals surface area contributed by atoms with E-state index >= 15 is 0 Å². The highest BCUT2D eigenvalue weighted by Gasteiger charge is 2.23. The molecule has 2 unspecified atom stereocenters. The molecule has 1 rings (SSSR count). The van der Waals surface area contributed by atoms with Gasteiger partial charge in [-0.05, 0) is 19.1 Å². The number of rotatable bonds is 5. The molecule has 0 fully saturated rings. The lowest BCUT2D eigenvalue weighted by Crippen LogP contribution is -2.43. The maximum absolute atomic E-state index is 12.1. The second-order valence-corrected chi connectivity index (χ2v) is 7.39. The molecule has 0 bridgehead atoms. The predicted molar refractivity (Wildman–Crippen MR) is 79.0 cm³/mol. The van der Waals surface area contributed by atoms with Crippen molar-refractivity contribution in [2.24, 2.45) is 5.73 Å². The molecule has 19 heavy (non-hydrogen) atoms. The topological polar surface area (TPSA) is 92.4 Å². The van der Waals surface area contributed by atoms with Crippen LogP contribution in [-0.2, 0) is 10.0 Å². The first kappa shape index (κ1) is 17.2. The summed E-state index contributed by atoms with van der Waals surface area (Å²) in [5, 5.41) is 9.21. The van der Waals surface area contributed by atoms with Gasteiger partial charge in [0.15, 0.2) is 0 Å². The Labute approximate surface area is 130 Å². The zero-order valence-corrected chi connectivity index (χ0v) is 13.8. The largest absolute Gasteiger partial charge is 0.392 e. The third kappa shape index (κ3) is 4.56. The third-order valence-electron chi connectivity index (χ3n) is 2.36. The van der Waals surface area contributed by atoms with Crippen LogP contribution in [0.25, 0.3) is 0 Å². The molecule has 1 aromatic rings. The SMILES string of the molecule is CC(O)C(N)CNS(=O)(=O)c1c(Cl)cc(Br)cc1Cl. The van der Waals surface area contributed by atoms with Crippen molar-refractivity contribution >= 4 is 49.2 Å². The molecule has 0 saturated heterocycles.